The van der Waals surface area contributed by atoms with Gasteiger partial charge in [-0.05, 0) is 17.7 Å². The first-order valence-electron chi connectivity index (χ1n) is 9.57. The van der Waals surface area contributed by atoms with Crippen LogP contribution in [0.5, 0.6) is 5.75 Å². The van der Waals surface area contributed by atoms with E-state index in [0.29, 0.717) is 38.6 Å². The molecule has 0 spiro atoms. The van der Waals surface area contributed by atoms with Gasteiger partial charge in [0, 0.05) is 25.8 Å². The molecule has 2 amide bonds. The van der Waals surface area contributed by atoms with Crippen molar-refractivity contribution in [3.63, 3.8) is 0 Å². The maximum atomic E-state index is 12.8. The minimum Gasteiger partial charge on any atom is -0.492 e. The average molecular weight is 390 g/mol. The summed E-state index contributed by atoms with van der Waals surface area (Å²) in [4.78, 5) is 31.2. The highest BCUT2D eigenvalue weighted by molar-refractivity contribution is 5.96. The Morgan fingerprint density at radius 1 is 1.03 bits per heavy atom. The van der Waals surface area contributed by atoms with Gasteiger partial charge in [-0.15, -0.1) is 0 Å². The van der Waals surface area contributed by atoms with Crippen LogP contribution in [0, 0.1) is 0 Å². The zero-order chi connectivity index (χ0) is 20.1. The molecule has 0 aliphatic carbocycles. The number of para-hydroxylation sites is 1. The lowest BCUT2D eigenvalue weighted by Gasteiger charge is -2.27. The van der Waals surface area contributed by atoms with E-state index in [1.54, 1.807) is 15.7 Å². The summed E-state index contributed by atoms with van der Waals surface area (Å²) in [6.07, 6.45) is 1.64. The van der Waals surface area contributed by atoms with Gasteiger partial charge in [-0.25, -0.2) is 4.98 Å². The Hall–Kier alpha value is -3.61. The van der Waals surface area contributed by atoms with Crippen LogP contribution in [-0.4, -0.2) is 46.0 Å². The maximum absolute atomic E-state index is 12.8. The van der Waals surface area contributed by atoms with Crippen LogP contribution in [-0.2, 0) is 13.1 Å². The first kappa shape index (κ1) is 18.7. The first-order valence-corrected chi connectivity index (χ1v) is 9.57. The largest absolute Gasteiger partial charge is 0.492 e. The number of imidazole rings is 1. The number of hydrogen-bond acceptors (Lipinski definition) is 4. The van der Waals surface area contributed by atoms with Gasteiger partial charge >= 0.3 is 0 Å². The number of rotatable bonds is 7. The maximum Gasteiger partial charge on any atom is 0.290 e. The number of hydrogen-bond donors (Lipinski definition) is 1. The number of carbonyl (C=O) groups excluding carboxylic acids is 2. The summed E-state index contributed by atoms with van der Waals surface area (Å²) in [7, 11) is 0. The molecule has 0 saturated heterocycles. The van der Waals surface area contributed by atoms with Crippen LogP contribution in [0.3, 0.4) is 0 Å². The fourth-order valence-corrected chi connectivity index (χ4v) is 3.23. The molecule has 0 radical (unpaired) electrons. The van der Waals surface area contributed by atoms with Crippen LogP contribution >= 0.6 is 0 Å². The van der Waals surface area contributed by atoms with E-state index in [-0.39, 0.29) is 17.5 Å². The second-order valence-corrected chi connectivity index (χ2v) is 6.77. The number of ether oxygens (including phenoxy) is 1. The molecule has 0 unspecified atom stereocenters. The van der Waals surface area contributed by atoms with E-state index in [0.717, 1.165) is 11.3 Å². The Kier molecular flexibility index (Phi) is 5.56. The van der Waals surface area contributed by atoms with Gasteiger partial charge in [0.25, 0.3) is 11.8 Å². The molecule has 0 atom stereocenters. The van der Waals surface area contributed by atoms with Gasteiger partial charge in [-0.1, -0.05) is 48.5 Å². The molecule has 0 bridgehead atoms. The van der Waals surface area contributed by atoms with Crippen molar-refractivity contribution in [1.82, 2.24) is 19.8 Å². The van der Waals surface area contributed by atoms with E-state index in [4.69, 9.17) is 4.74 Å². The van der Waals surface area contributed by atoms with Crippen LogP contribution in [0.15, 0.2) is 66.9 Å². The van der Waals surface area contributed by atoms with Crippen molar-refractivity contribution in [2.75, 3.05) is 19.7 Å². The Labute approximate surface area is 168 Å². The van der Waals surface area contributed by atoms with Gasteiger partial charge in [-0.2, -0.15) is 0 Å². The van der Waals surface area contributed by atoms with Gasteiger partial charge < -0.3 is 19.5 Å². The first-order chi connectivity index (χ1) is 14.2. The van der Waals surface area contributed by atoms with Crippen molar-refractivity contribution in [2.45, 2.75) is 13.1 Å². The molecule has 0 fully saturated rings. The van der Waals surface area contributed by atoms with E-state index in [2.05, 4.69) is 10.3 Å². The van der Waals surface area contributed by atoms with E-state index in [1.165, 1.54) is 0 Å². The predicted molar refractivity (Wildman–Crippen MR) is 108 cm³/mol. The Morgan fingerprint density at radius 3 is 2.52 bits per heavy atom. The molecule has 7 nitrogen and oxygen atoms in total. The summed E-state index contributed by atoms with van der Waals surface area (Å²) < 4.78 is 7.31. The van der Waals surface area contributed by atoms with E-state index in [1.807, 2.05) is 60.7 Å². The molecule has 1 N–H and O–H groups in total. The number of amides is 2. The highest BCUT2D eigenvalue weighted by Crippen LogP contribution is 2.16. The molecular formula is C22H22N4O3. The molecule has 0 saturated carbocycles. The van der Waals surface area contributed by atoms with Crippen molar-refractivity contribution in [3.8, 4) is 5.75 Å². The summed E-state index contributed by atoms with van der Waals surface area (Å²) in [5.74, 6) is 0.582. The average Bonchev–Trinajstić information content (AvgIpc) is 3.20. The Morgan fingerprint density at radius 2 is 1.76 bits per heavy atom. The van der Waals surface area contributed by atoms with Crippen LogP contribution in [0.4, 0.5) is 0 Å². The van der Waals surface area contributed by atoms with Gasteiger partial charge in [0.05, 0.1) is 6.54 Å². The van der Waals surface area contributed by atoms with E-state index < -0.39 is 0 Å². The summed E-state index contributed by atoms with van der Waals surface area (Å²) in [6, 6.07) is 19.2. The Balaban J connectivity index is 1.33. The normalized spacial score (nSPS) is 13.1. The molecule has 2 aromatic carbocycles. The van der Waals surface area contributed by atoms with Crippen LogP contribution in [0.25, 0.3) is 0 Å². The summed E-state index contributed by atoms with van der Waals surface area (Å²) in [5, 5.41) is 2.78. The number of benzene rings is 2. The second kappa shape index (κ2) is 8.60. The number of fused-ring (bicyclic) bond motifs is 1. The second-order valence-electron chi connectivity index (χ2n) is 6.77. The van der Waals surface area contributed by atoms with Crippen LogP contribution in [0.2, 0.25) is 0 Å². The van der Waals surface area contributed by atoms with Crippen LogP contribution in [0.1, 0.15) is 26.7 Å². The van der Waals surface area contributed by atoms with Crippen molar-refractivity contribution >= 4 is 11.8 Å². The third kappa shape index (κ3) is 4.45. The van der Waals surface area contributed by atoms with Crippen molar-refractivity contribution in [1.29, 1.82) is 0 Å². The zero-order valence-corrected chi connectivity index (χ0v) is 16.0. The lowest BCUT2D eigenvalue weighted by atomic mass is 10.2. The quantitative estimate of drug-likeness (QED) is 0.629. The summed E-state index contributed by atoms with van der Waals surface area (Å²) in [5.41, 5.74) is 1.31. The smallest absolute Gasteiger partial charge is 0.290 e. The molecule has 3 aromatic rings. The SMILES string of the molecule is O=C(NCCOc1ccccc1)c1cn2c(n1)C(=O)N(Cc1ccccc1)CC2. The molecule has 4 rings (SSSR count). The standard InChI is InChI=1S/C22H22N4O3/c27-21(23-11-14-29-18-9-5-2-6-10-18)19-16-25-12-13-26(22(28)20(25)24-19)15-17-7-3-1-4-8-17/h1-10,16H,11-15H2,(H,23,27). The van der Waals surface area contributed by atoms with Gasteiger partial charge in [0.1, 0.15) is 18.1 Å². The molecule has 1 aliphatic heterocycles. The number of nitrogens with zero attached hydrogens (tertiary/aromatic N) is 3. The van der Waals surface area contributed by atoms with Crippen LogP contribution < -0.4 is 10.1 Å². The molecule has 1 aliphatic rings. The monoisotopic (exact) mass is 390 g/mol. The number of carbonyl (C=O) groups is 2. The van der Waals surface area contributed by atoms with Gasteiger partial charge in [0.15, 0.2) is 5.82 Å². The molecule has 1 aromatic heterocycles. The van der Waals surface area contributed by atoms with E-state index in [9.17, 15) is 9.59 Å². The third-order valence-corrected chi connectivity index (χ3v) is 4.71. The topological polar surface area (TPSA) is 76.5 Å². The van der Waals surface area contributed by atoms with Crippen molar-refractivity contribution in [2.24, 2.45) is 0 Å². The highest BCUT2D eigenvalue weighted by atomic mass is 16.5. The number of aromatic nitrogens is 2. The van der Waals surface area contributed by atoms with Gasteiger partial charge in [-0.3, -0.25) is 9.59 Å². The molecule has 7 heteroatoms. The minimum absolute atomic E-state index is 0.161. The zero-order valence-electron chi connectivity index (χ0n) is 16.0. The van der Waals surface area contributed by atoms with Crippen molar-refractivity contribution < 1.29 is 14.3 Å². The lowest BCUT2D eigenvalue weighted by molar-refractivity contribution is 0.0683. The summed E-state index contributed by atoms with van der Waals surface area (Å²) >= 11 is 0. The predicted octanol–water partition coefficient (Wildman–Crippen LogP) is 2.35. The minimum atomic E-state index is -0.314. The molecular weight excluding hydrogens is 368 g/mol. The molecule has 2 heterocycles. The summed E-state index contributed by atoms with van der Waals surface area (Å²) in [6.45, 7) is 2.44. The molecule has 29 heavy (non-hydrogen) atoms. The highest BCUT2D eigenvalue weighted by Gasteiger charge is 2.28. The fourth-order valence-electron chi connectivity index (χ4n) is 3.23. The lowest BCUT2D eigenvalue weighted by Crippen LogP contribution is -2.39. The van der Waals surface area contributed by atoms with E-state index >= 15 is 0 Å². The van der Waals surface area contributed by atoms with Gasteiger partial charge in [0.2, 0.25) is 0 Å². The van der Waals surface area contributed by atoms with Crippen molar-refractivity contribution in [3.05, 3.63) is 83.9 Å². The fraction of sp³-hybridized carbons (Fsp3) is 0.227. The third-order valence-electron chi connectivity index (χ3n) is 4.71. The molecule has 148 valence electrons. The number of nitrogens with one attached hydrogen (secondary N) is 1. The Bertz CT molecular complexity index is 986.